The van der Waals surface area contributed by atoms with Gasteiger partial charge in [-0.1, -0.05) is 23.7 Å². The van der Waals surface area contributed by atoms with E-state index in [4.69, 9.17) is 11.6 Å². The lowest BCUT2D eigenvalue weighted by Crippen LogP contribution is -2.45. The lowest BCUT2D eigenvalue weighted by atomic mass is 9.92. The number of fused-ring (bicyclic) bond motifs is 1. The van der Waals surface area contributed by atoms with E-state index in [2.05, 4.69) is 25.4 Å². The summed E-state index contributed by atoms with van der Waals surface area (Å²) < 4.78 is 0. The van der Waals surface area contributed by atoms with Gasteiger partial charge in [-0.25, -0.2) is 0 Å². The van der Waals surface area contributed by atoms with E-state index in [9.17, 15) is 0 Å². The molecule has 2 aliphatic heterocycles. The number of nitrogens with one attached hydrogen (secondary N) is 2. The van der Waals surface area contributed by atoms with Crippen molar-refractivity contribution in [3.05, 3.63) is 29.3 Å². The van der Waals surface area contributed by atoms with Crippen LogP contribution in [0.5, 0.6) is 0 Å². The molecule has 0 aliphatic carbocycles. The number of halogens is 1. The molecule has 2 N–H and O–H groups in total. The zero-order valence-electron chi connectivity index (χ0n) is 11.7. The van der Waals surface area contributed by atoms with Crippen molar-refractivity contribution in [2.45, 2.75) is 18.9 Å². The molecule has 2 aromatic rings. The van der Waals surface area contributed by atoms with Crippen molar-refractivity contribution in [2.24, 2.45) is 5.92 Å². The molecule has 1 aromatic carbocycles. The number of anilines is 1. The Kier molecular flexibility index (Phi) is 3.31. The molecule has 0 radical (unpaired) electrons. The van der Waals surface area contributed by atoms with Crippen molar-refractivity contribution >= 4 is 17.5 Å². The van der Waals surface area contributed by atoms with E-state index in [1.165, 1.54) is 12.8 Å². The minimum absolute atomic E-state index is 0.522. The number of hydrogen-bond acceptors (Lipinski definition) is 4. The minimum Gasteiger partial charge on any atom is -0.335 e. The smallest absolute Gasteiger partial charge is 0.245 e. The zero-order chi connectivity index (χ0) is 14.2. The summed E-state index contributed by atoms with van der Waals surface area (Å²) in [5, 5.41) is 11.6. The largest absolute Gasteiger partial charge is 0.335 e. The van der Waals surface area contributed by atoms with E-state index in [1.54, 1.807) is 0 Å². The summed E-state index contributed by atoms with van der Waals surface area (Å²) in [6.45, 7) is 3.17. The maximum atomic E-state index is 6.23. The van der Waals surface area contributed by atoms with Crippen molar-refractivity contribution in [3.63, 3.8) is 0 Å². The molecule has 2 fully saturated rings. The van der Waals surface area contributed by atoms with Gasteiger partial charge in [0.25, 0.3) is 0 Å². The first-order valence-electron chi connectivity index (χ1n) is 7.47. The molecule has 110 valence electrons. The van der Waals surface area contributed by atoms with E-state index >= 15 is 0 Å². The number of piperidine rings is 1. The third kappa shape index (κ3) is 2.30. The molecule has 21 heavy (non-hydrogen) atoms. The van der Waals surface area contributed by atoms with Crippen LogP contribution in [-0.2, 0) is 0 Å². The molecule has 2 saturated heterocycles. The molecule has 1 aromatic heterocycles. The van der Waals surface area contributed by atoms with E-state index in [0.29, 0.717) is 11.1 Å². The maximum absolute atomic E-state index is 6.23. The second-order valence-corrected chi connectivity index (χ2v) is 6.19. The third-order valence-corrected chi connectivity index (χ3v) is 4.87. The summed E-state index contributed by atoms with van der Waals surface area (Å²) in [5.41, 5.74) is 0.899. The van der Waals surface area contributed by atoms with Crippen LogP contribution in [0.2, 0.25) is 5.02 Å². The molecular formula is C15H18ClN5. The highest BCUT2D eigenvalue weighted by molar-refractivity contribution is 6.33. The van der Waals surface area contributed by atoms with E-state index in [0.717, 1.165) is 42.9 Å². The average molecular weight is 304 g/mol. The molecule has 4 rings (SSSR count). The Hall–Kier alpha value is -1.59. The standard InChI is InChI=1S/C15H18ClN5/c16-12-6-2-1-5-11(12)14-18-15(20-19-14)21-7-3-4-10-8-17-9-13(10)21/h1-2,5-6,10,13,17H,3-4,7-9H2,(H,18,19,20). The van der Waals surface area contributed by atoms with Crippen LogP contribution in [0.15, 0.2) is 24.3 Å². The second-order valence-electron chi connectivity index (χ2n) is 5.79. The van der Waals surface area contributed by atoms with Gasteiger partial charge in [-0.2, -0.15) is 4.98 Å². The van der Waals surface area contributed by atoms with Crippen LogP contribution in [0.4, 0.5) is 5.95 Å². The Morgan fingerprint density at radius 1 is 1.24 bits per heavy atom. The molecule has 2 atom stereocenters. The van der Waals surface area contributed by atoms with Gasteiger partial charge in [0.2, 0.25) is 5.95 Å². The predicted molar refractivity (Wildman–Crippen MR) is 83.6 cm³/mol. The summed E-state index contributed by atoms with van der Waals surface area (Å²) in [6, 6.07) is 8.23. The summed E-state index contributed by atoms with van der Waals surface area (Å²) in [4.78, 5) is 7.01. The van der Waals surface area contributed by atoms with Crippen molar-refractivity contribution < 1.29 is 0 Å². The average Bonchev–Trinajstić information content (AvgIpc) is 3.16. The second kappa shape index (κ2) is 5.31. The SMILES string of the molecule is Clc1ccccc1-c1nc(N2CCCC3CNCC32)n[nH]1. The Balaban J connectivity index is 1.64. The highest BCUT2D eigenvalue weighted by Crippen LogP contribution is 2.31. The molecule has 0 amide bonds. The summed E-state index contributed by atoms with van der Waals surface area (Å²) in [6.07, 6.45) is 2.51. The van der Waals surface area contributed by atoms with Crippen molar-refractivity contribution in [3.8, 4) is 11.4 Å². The number of benzene rings is 1. The van der Waals surface area contributed by atoms with Gasteiger partial charge < -0.3 is 10.2 Å². The quantitative estimate of drug-likeness (QED) is 0.894. The van der Waals surface area contributed by atoms with Crippen LogP contribution in [0.1, 0.15) is 12.8 Å². The van der Waals surface area contributed by atoms with Gasteiger partial charge in [-0.15, -0.1) is 5.10 Å². The first-order valence-corrected chi connectivity index (χ1v) is 7.85. The van der Waals surface area contributed by atoms with Gasteiger partial charge in [0.15, 0.2) is 5.82 Å². The van der Waals surface area contributed by atoms with Gasteiger partial charge in [0, 0.05) is 31.2 Å². The van der Waals surface area contributed by atoms with Crippen molar-refractivity contribution in [2.75, 3.05) is 24.5 Å². The highest BCUT2D eigenvalue weighted by Gasteiger charge is 2.36. The number of aromatic amines is 1. The van der Waals surface area contributed by atoms with Gasteiger partial charge in [0.05, 0.1) is 5.02 Å². The maximum Gasteiger partial charge on any atom is 0.245 e. The molecule has 0 bridgehead atoms. The van der Waals surface area contributed by atoms with Crippen LogP contribution in [0.3, 0.4) is 0 Å². The summed E-state index contributed by atoms with van der Waals surface area (Å²) in [7, 11) is 0. The Morgan fingerprint density at radius 2 is 2.14 bits per heavy atom. The van der Waals surface area contributed by atoms with Crippen molar-refractivity contribution in [1.29, 1.82) is 0 Å². The number of hydrogen-bond donors (Lipinski definition) is 2. The van der Waals surface area contributed by atoms with Crippen LogP contribution in [0, 0.1) is 5.92 Å². The Morgan fingerprint density at radius 3 is 3.05 bits per heavy atom. The number of nitrogens with zero attached hydrogens (tertiary/aromatic N) is 3. The zero-order valence-corrected chi connectivity index (χ0v) is 12.5. The molecule has 2 unspecified atom stereocenters. The van der Waals surface area contributed by atoms with E-state index in [1.807, 2.05) is 24.3 Å². The molecule has 5 nitrogen and oxygen atoms in total. The normalized spacial score (nSPS) is 25.1. The Labute approximate surface area is 128 Å². The number of rotatable bonds is 2. The fourth-order valence-corrected chi connectivity index (χ4v) is 3.70. The van der Waals surface area contributed by atoms with Gasteiger partial charge in [-0.3, -0.25) is 5.10 Å². The molecule has 0 saturated carbocycles. The fourth-order valence-electron chi connectivity index (χ4n) is 3.47. The first-order chi connectivity index (χ1) is 10.3. The van der Waals surface area contributed by atoms with Crippen molar-refractivity contribution in [1.82, 2.24) is 20.5 Å². The van der Waals surface area contributed by atoms with Gasteiger partial charge in [-0.05, 0) is 30.9 Å². The molecular weight excluding hydrogens is 286 g/mol. The van der Waals surface area contributed by atoms with E-state index < -0.39 is 0 Å². The fraction of sp³-hybridized carbons (Fsp3) is 0.467. The lowest BCUT2D eigenvalue weighted by molar-refractivity contribution is 0.381. The highest BCUT2D eigenvalue weighted by atomic mass is 35.5. The predicted octanol–water partition coefficient (Wildman–Crippen LogP) is 2.31. The Bertz CT molecular complexity index is 640. The van der Waals surface area contributed by atoms with Crippen LogP contribution in [-0.4, -0.2) is 40.9 Å². The molecule has 3 heterocycles. The monoisotopic (exact) mass is 303 g/mol. The summed E-state index contributed by atoms with van der Waals surface area (Å²) >= 11 is 6.23. The summed E-state index contributed by atoms with van der Waals surface area (Å²) in [5.74, 6) is 2.26. The van der Waals surface area contributed by atoms with Crippen LogP contribution in [0.25, 0.3) is 11.4 Å². The topological polar surface area (TPSA) is 56.8 Å². The van der Waals surface area contributed by atoms with Gasteiger partial charge >= 0.3 is 0 Å². The first kappa shape index (κ1) is 13.1. The lowest BCUT2D eigenvalue weighted by Gasteiger charge is -2.36. The minimum atomic E-state index is 0.522. The van der Waals surface area contributed by atoms with Crippen LogP contribution >= 0.6 is 11.6 Å². The van der Waals surface area contributed by atoms with E-state index in [-0.39, 0.29) is 0 Å². The molecule has 6 heteroatoms. The molecule has 0 spiro atoms. The molecule has 2 aliphatic rings. The third-order valence-electron chi connectivity index (χ3n) is 4.54. The van der Waals surface area contributed by atoms with Gasteiger partial charge in [0.1, 0.15) is 0 Å². The van der Waals surface area contributed by atoms with Crippen LogP contribution < -0.4 is 10.2 Å². The number of H-pyrrole nitrogens is 1. The number of aromatic nitrogens is 3.